The quantitative estimate of drug-likeness (QED) is 0.653. The van der Waals surface area contributed by atoms with Crippen LogP contribution in [0.3, 0.4) is 0 Å². The van der Waals surface area contributed by atoms with Crippen LogP contribution in [-0.2, 0) is 11.3 Å². The topological polar surface area (TPSA) is 66.0 Å². The average Bonchev–Trinajstić information content (AvgIpc) is 2.60. The molecule has 0 atom stereocenters. The second-order valence-corrected chi connectivity index (χ2v) is 5.66. The molecule has 0 radical (unpaired) electrons. The Hall–Kier alpha value is -2.31. The number of ether oxygens (including phenoxy) is 1. The summed E-state index contributed by atoms with van der Waals surface area (Å²) >= 11 is 0. The fourth-order valence-corrected chi connectivity index (χ4v) is 2.60. The van der Waals surface area contributed by atoms with Gasteiger partial charge in [0.2, 0.25) is 0 Å². The van der Waals surface area contributed by atoms with Gasteiger partial charge in [-0.2, -0.15) is 0 Å². The van der Waals surface area contributed by atoms with Gasteiger partial charge in [-0.25, -0.2) is 9.18 Å². The zero-order valence-corrected chi connectivity index (χ0v) is 14.2. The normalized spacial score (nSPS) is 16.0. The van der Waals surface area contributed by atoms with E-state index < -0.39 is 0 Å². The van der Waals surface area contributed by atoms with Crippen LogP contribution in [0.15, 0.2) is 29.3 Å². The Bertz CT molecular complexity index is 554. The SMILES string of the molecule is CCOC(=O)N1CCC(NC(=NC)NCc2ccc(F)cc2)CC1. The van der Waals surface area contributed by atoms with Crippen molar-refractivity contribution in [2.45, 2.75) is 32.4 Å². The van der Waals surface area contributed by atoms with Gasteiger partial charge in [0.1, 0.15) is 5.82 Å². The number of benzene rings is 1. The summed E-state index contributed by atoms with van der Waals surface area (Å²) in [5.74, 6) is 0.462. The molecule has 24 heavy (non-hydrogen) atoms. The fraction of sp³-hybridized carbons (Fsp3) is 0.529. The Labute approximate surface area is 142 Å². The lowest BCUT2D eigenvalue weighted by molar-refractivity contribution is 0.0963. The molecule has 1 amide bonds. The first-order valence-electron chi connectivity index (χ1n) is 8.25. The molecule has 2 rings (SSSR count). The molecule has 6 nitrogen and oxygen atoms in total. The van der Waals surface area contributed by atoms with Gasteiger partial charge in [0.05, 0.1) is 6.61 Å². The molecule has 1 aliphatic heterocycles. The maximum absolute atomic E-state index is 12.9. The minimum atomic E-state index is -0.241. The lowest BCUT2D eigenvalue weighted by atomic mass is 10.1. The molecule has 0 aromatic heterocycles. The van der Waals surface area contributed by atoms with Crippen molar-refractivity contribution in [3.8, 4) is 0 Å². The molecule has 0 saturated carbocycles. The summed E-state index contributed by atoms with van der Waals surface area (Å²) in [7, 11) is 1.72. The van der Waals surface area contributed by atoms with Crippen LogP contribution in [0.2, 0.25) is 0 Å². The Kier molecular flexibility index (Phi) is 6.84. The van der Waals surface area contributed by atoms with E-state index in [1.54, 1.807) is 24.1 Å². The molecule has 1 saturated heterocycles. The molecule has 1 aliphatic rings. The second kappa shape index (κ2) is 9.10. The van der Waals surface area contributed by atoms with Crippen molar-refractivity contribution >= 4 is 12.1 Å². The zero-order valence-electron chi connectivity index (χ0n) is 14.2. The molecule has 0 spiro atoms. The van der Waals surface area contributed by atoms with Crippen LogP contribution in [-0.4, -0.2) is 49.7 Å². The second-order valence-electron chi connectivity index (χ2n) is 5.66. The number of piperidine rings is 1. The summed E-state index contributed by atoms with van der Waals surface area (Å²) in [5.41, 5.74) is 0.983. The van der Waals surface area contributed by atoms with E-state index in [1.807, 2.05) is 6.92 Å². The summed E-state index contributed by atoms with van der Waals surface area (Å²) in [5, 5.41) is 6.58. The highest BCUT2D eigenvalue weighted by atomic mass is 19.1. The van der Waals surface area contributed by atoms with Crippen molar-refractivity contribution < 1.29 is 13.9 Å². The van der Waals surface area contributed by atoms with Crippen LogP contribution in [0.25, 0.3) is 0 Å². The van der Waals surface area contributed by atoms with Gasteiger partial charge in [-0.1, -0.05) is 12.1 Å². The van der Waals surface area contributed by atoms with Gasteiger partial charge in [-0.15, -0.1) is 0 Å². The van der Waals surface area contributed by atoms with Gasteiger partial charge in [0, 0.05) is 32.7 Å². The molecule has 0 unspecified atom stereocenters. The van der Waals surface area contributed by atoms with Gasteiger partial charge < -0.3 is 20.3 Å². The van der Waals surface area contributed by atoms with Gasteiger partial charge in [-0.3, -0.25) is 4.99 Å². The van der Waals surface area contributed by atoms with E-state index in [1.165, 1.54) is 12.1 Å². The third-order valence-corrected chi connectivity index (χ3v) is 3.96. The first-order valence-corrected chi connectivity index (χ1v) is 8.25. The Balaban J connectivity index is 1.75. The van der Waals surface area contributed by atoms with Gasteiger partial charge in [-0.05, 0) is 37.5 Å². The van der Waals surface area contributed by atoms with Crippen LogP contribution >= 0.6 is 0 Å². The minimum absolute atomic E-state index is 0.241. The van der Waals surface area contributed by atoms with Crippen LogP contribution in [0.5, 0.6) is 0 Å². The number of rotatable bonds is 4. The lowest BCUT2D eigenvalue weighted by Crippen LogP contribution is -2.49. The molecule has 1 fully saturated rings. The van der Waals surface area contributed by atoms with Gasteiger partial charge in [0.15, 0.2) is 5.96 Å². The van der Waals surface area contributed by atoms with Crippen molar-refractivity contribution in [3.63, 3.8) is 0 Å². The molecular weight excluding hydrogens is 311 g/mol. The highest BCUT2D eigenvalue weighted by molar-refractivity contribution is 5.80. The summed E-state index contributed by atoms with van der Waals surface area (Å²) in [4.78, 5) is 17.6. The van der Waals surface area contributed by atoms with Crippen molar-refractivity contribution in [2.75, 3.05) is 26.7 Å². The largest absolute Gasteiger partial charge is 0.450 e. The number of amides is 1. The maximum atomic E-state index is 12.9. The monoisotopic (exact) mass is 336 g/mol. The Morgan fingerprint density at radius 3 is 2.58 bits per heavy atom. The summed E-state index contributed by atoms with van der Waals surface area (Å²) in [6.45, 7) is 4.12. The number of hydrogen-bond acceptors (Lipinski definition) is 3. The van der Waals surface area contributed by atoms with Gasteiger partial charge in [0.25, 0.3) is 0 Å². The van der Waals surface area contributed by atoms with E-state index in [4.69, 9.17) is 4.74 Å². The van der Waals surface area contributed by atoms with Crippen LogP contribution in [0, 0.1) is 5.82 Å². The summed E-state index contributed by atoms with van der Waals surface area (Å²) in [6.07, 6.45) is 1.45. The van der Waals surface area contributed by atoms with Crippen molar-refractivity contribution in [1.29, 1.82) is 0 Å². The van der Waals surface area contributed by atoms with E-state index in [-0.39, 0.29) is 18.0 Å². The number of nitrogens with one attached hydrogen (secondary N) is 2. The number of likely N-dealkylation sites (tertiary alicyclic amines) is 1. The number of carbonyl (C=O) groups is 1. The van der Waals surface area contributed by atoms with Crippen LogP contribution in [0.4, 0.5) is 9.18 Å². The summed E-state index contributed by atoms with van der Waals surface area (Å²) in [6, 6.07) is 6.63. The molecule has 132 valence electrons. The van der Waals surface area contributed by atoms with Crippen molar-refractivity contribution in [2.24, 2.45) is 4.99 Å². The average molecular weight is 336 g/mol. The van der Waals surface area contributed by atoms with E-state index >= 15 is 0 Å². The maximum Gasteiger partial charge on any atom is 0.409 e. The smallest absolute Gasteiger partial charge is 0.409 e. The third kappa shape index (κ3) is 5.40. The molecule has 2 N–H and O–H groups in total. The number of halogens is 1. The van der Waals surface area contributed by atoms with Crippen LogP contribution in [0.1, 0.15) is 25.3 Å². The Morgan fingerprint density at radius 2 is 2.00 bits per heavy atom. The molecule has 7 heteroatoms. The highest BCUT2D eigenvalue weighted by Crippen LogP contribution is 2.11. The number of nitrogens with zero attached hydrogens (tertiary/aromatic N) is 2. The minimum Gasteiger partial charge on any atom is -0.450 e. The molecular formula is C17H25FN4O2. The van der Waals surface area contributed by atoms with E-state index in [0.717, 1.165) is 18.4 Å². The third-order valence-electron chi connectivity index (χ3n) is 3.96. The molecule has 0 aliphatic carbocycles. The lowest BCUT2D eigenvalue weighted by Gasteiger charge is -2.32. The predicted molar refractivity (Wildman–Crippen MR) is 91.4 cm³/mol. The number of carbonyl (C=O) groups excluding carboxylic acids is 1. The fourth-order valence-electron chi connectivity index (χ4n) is 2.60. The van der Waals surface area contributed by atoms with Gasteiger partial charge >= 0.3 is 6.09 Å². The zero-order chi connectivity index (χ0) is 17.4. The Morgan fingerprint density at radius 1 is 1.33 bits per heavy atom. The number of aliphatic imine (C=N–C) groups is 1. The number of hydrogen-bond donors (Lipinski definition) is 2. The molecule has 0 bridgehead atoms. The molecule has 1 aromatic rings. The first-order chi connectivity index (χ1) is 11.6. The van der Waals surface area contributed by atoms with Crippen molar-refractivity contribution in [3.05, 3.63) is 35.6 Å². The molecule has 1 heterocycles. The number of guanidine groups is 1. The summed E-state index contributed by atoms with van der Waals surface area (Å²) < 4.78 is 17.9. The van der Waals surface area contributed by atoms with E-state index in [2.05, 4.69) is 15.6 Å². The predicted octanol–water partition coefficient (Wildman–Crippen LogP) is 2.11. The molecule has 1 aromatic carbocycles. The highest BCUT2D eigenvalue weighted by Gasteiger charge is 2.23. The van der Waals surface area contributed by atoms with Crippen LogP contribution < -0.4 is 10.6 Å². The first kappa shape index (κ1) is 18.0. The standard InChI is InChI=1S/C17H25FN4O2/c1-3-24-17(23)22-10-8-15(9-11-22)21-16(19-2)20-12-13-4-6-14(18)7-5-13/h4-7,15H,3,8-12H2,1-2H3,(H2,19,20,21). The van der Waals surface area contributed by atoms with Crippen molar-refractivity contribution in [1.82, 2.24) is 15.5 Å². The van der Waals surface area contributed by atoms with E-state index in [0.29, 0.717) is 32.2 Å². The van der Waals surface area contributed by atoms with E-state index in [9.17, 15) is 9.18 Å².